The van der Waals surface area contributed by atoms with E-state index < -0.39 is 5.41 Å². The number of benzene rings is 1. The van der Waals surface area contributed by atoms with E-state index in [0.29, 0.717) is 0 Å². The normalized spacial score (nSPS) is 11.6. The van der Waals surface area contributed by atoms with Gasteiger partial charge < -0.3 is 0 Å². The van der Waals surface area contributed by atoms with Crippen LogP contribution >= 0.6 is 0 Å². The van der Waals surface area contributed by atoms with Gasteiger partial charge in [0.05, 0.1) is 11.5 Å². The van der Waals surface area contributed by atoms with Crippen molar-refractivity contribution >= 4 is 6.08 Å². The Bertz CT molecular complexity index is 386. The predicted molar refractivity (Wildman–Crippen MR) is 54.8 cm³/mol. The highest BCUT2D eigenvalue weighted by Gasteiger charge is 2.10. The molecule has 2 heteroatoms. The fourth-order valence-corrected chi connectivity index (χ4v) is 0.952. The molecule has 0 bridgehead atoms. The third kappa shape index (κ3) is 3.02. The quantitative estimate of drug-likeness (QED) is 0.699. The van der Waals surface area contributed by atoms with Gasteiger partial charge in [0, 0.05) is 0 Å². The molecule has 0 unspecified atom stereocenters. The Hall–Kier alpha value is -1.62. The Morgan fingerprint density at radius 1 is 1.43 bits per heavy atom. The van der Waals surface area contributed by atoms with Crippen molar-refractivity contribution < 1.29 is 4.39 Å². The highest BCUT2D eigenvalue weighted by atomic mass is 19.1. The number of hydrogen-bond donors (Lipinski definition) is 0. The van der Waals surface area contributed by atoms with E-state index in [1.165, 1.54) is 12.1 Å². The molecule has 0 N–H and O–H groups in total. The van der Waals surface area contributed by atoms with E-state index in [2.05, 4.69) is 6.07 Å². The molecule has 0 fully saturated rings. The van der Waals surface area contributed by atoms with Gasteiger partial charge in [0.25, 0.3) is 0 Å². The zero-order chi connectivity index (χ0) is 10.6. The number of nitriles is 1. The molecular formula is C12H12FN. The van der Waals surface area contributed by atoms with Crippen molar-refractivity contribution in [2.24, 2.45) is 5.41 Å². The molecule has 0 heterocycles. The summed E-state index contributed by atoms with van der Waals surface area (Å²) in [6, 6.07) is 8.42. The van der Waals surface area contributed by atoms with Crippen molar-refractivity contribution in [3.05, 3.63) is 41.7 Å². The predicted octanol–water partition coefficient (Wildman–Crippen LogP) is 3.39. The molecule has 1 rings (SSSR count). The van der Waals surface area contributed by atoms with Crippen LogP contribution in [0.5, 0.6) is 0 Å². The summed E-state index contributed by atoms with van der Waals surface area (Å²) in [4.78, 5) is 0. The molecule has 0 atom stereocenters. The molecule has 0 aliphatic heterocycles. The summed E-state index contributed by atoms with van der Waals surface area (Å²) in [7, 11) is 0. The van der Waals surface area contributed by atoms with Crippen LogP contribution in [0.1, 0.15) is 19.4 Å². The van der Waals surface area contributed by atoms with Crippen LogP contribution in [0.15, 0.2) is 30.3 Å². The number of rotatable bonds is 2. The molecule has 0 aliphatic rings. The highest BCUT2D eigenvalue weighted by molar-refractivity contribution is 5.50. The van der Waals surface area contributed by atoms with Gasteiger partial charge in [0.1, 0.15) is 5.82 Å². The minimum Gasteiger partial charge on any atom is -0.207 e. The summed E-state index contributed by atoms with van der Waals surface area (Å²) in [5, 5.41) is 8.75. The van der Waals surface area contributed by atoms with E-state index in [0.717, 1.165) is 5.56 Å². The van der Waals surface area contributed by atoms with Crippen LogP contribution in [-0.4, -0.2) is 0 Å². The van der Waals surface area contributed by atoms with Crippen LogP contribution in [-0.2, 0) is 0 Å². The fraction of sp³-hybridized carbons (Fsp3) is 0.250. The zero-order valence-electron chi connectivity index (χ0n) is 8.29. The van der Waals surface area contributed by atoms with Gasteiger partial charge in [-0.1, -0.05) is 24.3 Å². The lowest BCUT2D eigenvalue weighted by molar-refractivity contribution is 0.627. The van der Waals surface area contributed by atoms with E-state index >= 15 is 0 Å². The molecule has 0 amide bonds. The first-order valence-corrected chi connectivity index (χ1v) is 4.39. The molecule has 0 spiro atoms. The summed E-state index contributed by atoms with van der Waals surface area (Å²) >= 11 is 0. The average molecular weight is 189 g/mol. The van der Waals surface area contributed by atoms with E-state index in [1.54, 1.807) is 24.3 Å². The maximum absolute atomic E-state index is 12.8. The summed E-state index contributed by atoms with van der Waals surface area (Å²) in [6.07, 6.45) is 3.52. The van der Waals surface area contributed by atoms with Gasteiger partial charge in [-0.2, -0.15) is 5.26 Å². The summed E-state index contributed by atoms with van der Waals surface area (Å²) in [5.74, 6) is -0.262. The fourth-order valence-electron chi connectivity index (χ4n) is 0.952. The Balaban J connectivity index is 2.85. The zero-order valence-corrected chi connectivity index (χ0v) is 8.29. The standard InChI is InChI=1S/C12H12FN/c1-12(2,9-14)7-6-10-4-3-5-11(13)8-10/h3-8H,1-2H3/b7-6+. The summed E-state index contributed by atoms with van der Waals surface area (Å²) in [6.45, 7) is 3.62. The minimum atomic E-state index is -0.508. The maximum Gasteiger partial charge on any atom is 0.123 e. The van der Waals surface area contributed by atoms with Gasteiger partial charge in [0.2, 0.25) is 0 Å². The lowest BCUT2D eigenvalue weighted by Crippen LogP contribution is -2.01. The Labute approximate surface area is 83.5 Å². The van der Waals surface area contributed by atoms with Gasteiger partial charge in [-0.3, -0.25) is 0 Å². The number of nitrogens with zero attached hydrogens (tertiary/aromatic N) is 1. The van der Waals surface area contributed by atoms with E-state index in [-0.39, 0.29) is 5.82 Å². The first-order chi connectivity index (χ1) is 6.53. The number of allylic oxidation sites excluding steroid dienone is 1. The molecule has 1 aromatic rings. The minimum absolute atomic E-state index is 0.262. The van der Waals surface area contributed by atoms with Crippen molar-refractivity contribution in [3.8, 4) is 6.07 Å². The third-order valence-electron chi connectivity index (χ3n) is 1.83. The molecule has 72 valence electrons. The molecule has 0 aromatic heterocycles. The third-order valence-corrected chi connectivity index (χ3v) is 1.83. The van der Waals surface area contributed by atoms with Crippen LogP contribution in [0, 0.1) is 22.6 Å². The molecule has 0 saturated carbocycles. The van der Waals surface area contributed by atoms with E-state index in [4.69, 9.17) is 5.26 Å². The Kier molecular flexibility index (Phi) is 3.03. The molecule has 0 radical (unpaired) electrons. The molecule has 0 saturated heterocycles. The van der Waals surface area contributed by atoms with Crippen molar-refractivity contribution in [1.29, 1.82) is 5.26 Å². The van der Waals surface area contributed by atoms with Crippen molar-refractivity contribution in [2.75, 3.05) is 0 Å². The first-order valence-electron chi connectivity index (χ1n) is 4.39. The molecule has 1 nitrogen and oxygen atoms in total. The van der Waals surface area contributed by atoms with E-state index in [9.17, 15) is 4.39 Å². The first kappa shape index (κ1) is 10.5. The van der Waals surface area contributed by atoms with Crippen molar-refractivity contribution in [1.82, 2.24) is 0 Å². The lowest BCUT2D eigenvalue weighted by Gasteiger charge is -2.07. The van der Waals surface area contributed by atoms with Gasteiger partial charge in [0.15, 0.2) is 0 Å². The van der Waals surface area contributed by atoms with Crippen LogP contribution in [0.2, 0.25) is 0 Å². The van der Waals surface area contributed by atoms with Gasteiger partial charge >= 0.3 is 0 Å². The van der Waals surface area contributed by atoms with Crippen LogP contribution in [0.4, 0.5) is 4.39 Å². The number of hydrogen-bond acceptors (Lipinski definition) is 1. The second kappa shape index (κ2) is 4.06. The molecular weight excluding hydrogens is 177 g/mol. The summed E-state index contributed by atoms with van der Waals surface area (Å²) < 4.78 is 12.8. The maximum atomic E-state index is 12.8. The summed E-state index contributed by atoms with van der Waals surface area (Å²) in [5.41, 5.74) is 0.264. The smallest absolute Gasteiger partial charge is 0.123 e. The lowest BCUT2D eigenvalue weighted by atomic mass is 9.94. The second-order valence-electron chi connectivity index (χ2n) is 3.72. The van der Waals surface area contributed by atoms with Crippen LogP contribution in [0.3, 0.4) is 0 Å². The van der Waals surface area contributed by atoms with Crippen molar-refractivity contribution in [3.63, 3.8) is 0 Å². The molecule has 14 heavy (non-hydrogen) atoms. The van der Waals surface area contributed by atoms with Gasteiger partial charge in [-0.05, 0) is 31.5 Å². The number of halogens is 1. The average Bonchev–Trinajstić information content (AvgIpc) is 2.15. The van der Waals surface area contributed by atoms with Crippen LogP contribution < -0.4 is 0 Å². The van der Waals surface area contributed by atoms with E-state index in [1.807, 2.05) is 13.8 Å². The largest absolute Gasteiger partial charge is 0.207 e. The van der Waals surface area contributed by atoms with Gasteiger partial charge in [-0.15, -0.1) is 0 Å². The second-order valence-corrected chi connectivity index (χ2v) is 3.72. The van der Waals surface area contributed by atoms with Gasteiger partial charge in [-0.25, -0.2) is 4.39 Å². The molecule has 1 aromatic carbocycles. The molecule has 0 aliphatic carbocycles. The highest BCUT2D eigenvalue weighted by Crippen LogP contribution is 2.17. The Morgan fingerprint density at radius 2 is 2.14 bits per heavy atom. The van der Waals surface area contributed by atoms with Crippen LogP contribution in [0.25, 0.3) is 6.08 Å². The topological polar surface area (TPSA) is 23.8 Å². The Morgan fingerprint density at radius 3 is 2.71 bits per heavy atom. The SMILES string of the molecule is CC(C)(C#N)/C=C/c1cccc(F)c1. The van der Waals surface area contributed by atoms with Crippen molar-refractivity contribution in [2.45, 2.75) is 13.8 Å². The monoisotopic (exact) mass is 189 g/mol.